The monoisotopic (exact) mass is 470 g/mol. The maximum absolute atomic E-state index is 13.0. The molecular formula is C19H10Cl4N2O4. The first kappa shape index (κ1) is 20.0. The quantitative estimate of drug-likeness (QED) is 0.315. The van der Waals surface area contributed by atoms with Crippen molar-refractivity contribution in [1.29, 1.82) is 0 Å². The molecule has 0 fully saturated rings. The summed E-state index contributed by atoms with van der Waals surface area (Å²) in [4.78, 5) is 41.6. The number of aliphatic carboxylic acids is 1. The number of carboxylic acids is 1. The van der Waals surface area contributed by atoms with Gasteiger partial charge < -0.3 is 10.1 Å². The molecule has 4 rings (SSSR count). The Kier molecular flexibility index (Phi) is 4.99. The third-order valence-electron chi connectivity index (χ3n) is 4.82. The van der Waals surface area contributed by atoms with Crippen molar-refractivity contribution >= 4 is 75.1 Å². The number of imide groups is 1. The van der Waals surface area contributed by atoms with Crippen LogP contribution in [-0.4, -0.2) is 38.8 Å². The van der Waals surface area contributed by atoms with Crippen molar-refractivity contribution in [3.63, 3.8) is 0 Å². The number of carboxylic acid groups (broad SMARTS) is 1. The summed E-state index contributed by atoms with van der Waals surface area (Å²) in [5.74, 6) is -3.13. The maximum Gasteiger partial charge on any atom is 0.327 e. The van der Waals surface area contributed by atoms with Crippen molar-refractivity contribution < 1.29 is 19.5 Å². The van der Waals surface area contributed by atoms with E-state index in [9.17, 15) is 19.5 Å². The Balaban J connectivity index is 1.80. The number of hydrogen-bond donors (Lipinski definition) is 2. The number of rotatable bonds is 4. The predicted molar refractivity (Wildman–Crippen MR) is 110 cm³/mol. The number of carbonyl (C=O) groups excluding carboxylic acids is 2. The molecular weight excluding hydrogens is 462 g/mol. The lowest BCUT2D eigenvalue weighted by Crippen LogP contribution is -2.46. The molecule has 0 bridgehead atoms. The highest BCUT2D eigenvalue weighted by Gasteiger charge is 2.46. The van der Waals surface area contributed by atoms with Gasteiger partial charge in [0.2, 0.25) is 0 Å². The summed E-state index contributed by atoms with van der Waals surface area (Å²) in [5.41, 5.74) is 0.943. The standard InChI is InChI=1S/C19H10Cl4N2O4/c20-13-11-12(14(21)16(23)15(13)22)18(27)25(17(11)26)10(19(28)29)5-7-6-24-9-4-2-1-3-8(7)9/h1-4,6,10,24H,5H2,(H,28,29)/t10-/m0/s1. The van der Waals surface area contributed by atoms with E-state index in [0.717, 1.165) is 10.9 Å². The predicted octanol–water partition coefficient (Wildman–Crippen LogP) is 5.07. The van der Waals surface area contributed by atoms with Gasteiger partial charge >= 0.3 is 5.97 Å². The van der Waals surface area contributed by atoms with Gasteiger partial charge in [-0.3, -0.25) is 14.5 Å². The lowest BCUT2D eigenvalue weighted by molar-refractivity contribution is -0.141. The minimum absolute atomic E-state index is 0.110. The summed E-state index contributed by atoms with van der Waals surface area (Å²) in [5, 5.41) is 9.74. The summed E-state index contributed by atoms with van der Waals surface area (Å²) < 4.78 is 0. The van der Waals surface area contributed by atoms with Crippen LogP contribution in [0.25, 0.3) is 10.9 Å². The molecule has 0 saturated carbocycles. The van der Waals surface area contributed by atoms with Gasteiger partial charge in [0.05, 0.1) is 31.2 Å². The zero-order valence-corrected chi connectivity index (χ0v) is 17.3. The maximum atomic E-state index is 13.0. The van der Waals surface area contributed by atoms with Gasteiger partial charge in [-0.15, -0.1) is 0 Å². The third kappa shape index (κ3) is 2.99. The van der Waals surface area contributed by atoms with Gasteiger partial charge in [-0.2, -0.15) is 0 Å². The first-order valence-electron chi connectivity index (χ1n) is 8.25. The second kappa shape index (κ2) is 7.22. The number of amides is 2. The summed E-state index contributed by atoms with van der Waals surface area (Å²) in [6, 6.07) is 5.81. The molecule has 29 heavy (non-hydrogen) atoms. The van der Waals surface area contributed by atoms with Gasteiger partial charge in [0, 0.05) is 23.5 Å². The van der Waals surface area contributed by atoms with Crippen molar-refractivity contribution in [1.82, 2.24) is 9.88 Å². The number of H-pyrrole nitrogens is 1. The molecule has 0 saturated heterocycles. The zero-order valence-electron chi connectivity index (χ0n) is 14.3. The number of carbonyl (C=O) groups is 3. The van der Waals surface area contributed by atoms with Crippen LogP contribution in [0.4, 0.5) is 0 Å². The van der Waals surface area contributed by atoms with Crippen molar-refractivity contribution in [2.75, 3.05) is 0 Å². The Morgan fingerprint density at radius 2 is 1.52 bits per heavy atom. The first-order chi connectivity index (χ1) is 13.7. The van der Waals surface area contributed by atoms with Crippen LogP contribution in [0.3, 0.4) is 0 Å². The van der Waals surface area contributed by atoms with Crippen molar-refractivity contribution in [3.8, 4) is 0 Å². The van der Waals surface area contributed by atoms with Gasteiger partial charge in [-0.1, -0.05) is 64.6 Å². The van der Waals surface area contributed by atoms with Crippen LogP contribution in [0.1, 0.15) is 26.3 Å². The van der Waals surface area contributed by atoms with E-state index < -0.39 is 23.8 Å². The van der Waals surface area contributed by atoms with Crippen LogP contribution in [0.15, 0.2) is 30.5 Å². The summed E-state index contributed by atoms with van der Waals surface area (Å²) in [6.45, 7) is 0. The van der Waals surface area contributed by atoms with Gasteiger partial charge in [-0.05, 0) is 11.6 Å². The molecule has 1 aliphatic heterocycles. The topological polar surface area (TPSA) is 90.5 Å². The zero-order chi connectivity index (χ0) is 21.0. The molecule has 0 spiro atoms. The molecule has 148 valence electrons. The van der Waals surface area contributed by atoms with E-state index in [-0.39, 0.29) is 37.6 Å². The largest absolute Gasteiger partial charge is 0.480 e. The summed E-state index contributed by atoms with van der Waals surface area (Å²) >= 11 is 24.2. The van der Waals surface area contributed by atoms with E-state index >= 15 is 0 Å². The number of para-hydroxylation sites is 1. The number of fused-ring (bicyclic) bond motifs is 2. The van der Waals surface area contributed by atoms with Crippen LogP contribution in [0.2, 0.25) is 20.1 Å². The average molecular weight is 472 g/mol. The van der Waals surface area contributed by atoms with Crippen molar-refractivity contribution in [2.24, 2.45) is 0 Å². The Morgan fingerprint density at radius 1 is 0.966 bits per heavy atom. The fourth-order valence-corrected chi connectivity index (χ4v) is 4.46. The van der Waals surface area contributed by atoms with Gasteiger partial charge in [0.15, 0.2) is 0 Å². The molecule has 2 N–H and O–H groups in total. The smallest absolute Gasteiger partial charge is 0.327 e. The molecule has 2 heterocycles. The van der Waals surface area contributed by atoms with Crippen LogP contribution in [0.5, 0.6) is 0 Å². The number of nitrogens with one attached hydrogen (secondary N) is 1. The Labute approximate surface area is 183 Å². The lowest BCUT2D eigenvalue weighted by atomic mass is 10.0. The molecule has 10 heteroatoms. The Morgan fingerprint density at radius 3 is 2.07 bits per heavy atom. The first-order valence-corrected chi connectivity index (χ1v) is 9.76. The Hall–Kier alpha value is -2.25. The van der Waals surface area contributed by atoms with Gasteiger partial charge in [0.1, 0.15) is 6.04 Å². The number of halogens is 4. The molecule has 1 aliphatic rings. The molecule has 0 aliphatic carbocycles. The summed E-state index contributed by atoms with van der Waals surface area (Å²) in [7, 11) is 0. The van der Waals surface area contributed by atoms with Crippen LogP contribution >= 0.6 is 46.4 Å². The number of nitrogens with zero attached hydrogens (tertiary/aromatic N) is 1. The lowest BCUT2D eigenvalue weighted by Gasteiger charge is -2.22. The fourth-order valence-electron chi connectivity index (χ4n) is 3.45. The van der Waals surface area contributed by atoms with Crippen molar-refractivity contribution in [3.05, 3.63) is 67.2 Å². The molecule has 6 nitrogen and oxygen atoms in total. The normalized spacial score (nSPS) is 14.6. The highest BCUT2D eigenvalue weighted by molar-refractivity contribution is 6.55. The molecule has 1 aromatic heterocycles. The second-order valence-electron chi connectivity index (χ2n) is 6.40. The minimum Gasteiger partial charge on any atom is -0.480 e. The van der Waals surface area contributed by atoms with E-state index in [2.05, 4.69) is 4.98 Å². The molecule has 2 amide bonds. The molecule has 1 atom stereocenters. The SMILES string of the molecule is O=C(O)[C@H](Cc1c[nH]c2ccccc12)N1C(=O)c2c(Cl)c(Cl)c(Cl)c(Cl)c2C1=O. The van der Waals surface area contributed by atoms with E-state index in [4.69, 9.17) is 46.4 Å². The van der Waals surface area contributed by atoms with Crippen LogP contribution in [-0.2, 0) is 11.2 Å². The molecule has 2 aromatic carbocycles. The summed E-state index contributed by atoms with van der Waals surface area (Å²) in [6.07, 6.45) is 1.54. The second-order valence-corrected chi connectivity index (χ2v) is 7.92. The van der Waals surface area contributed by atoms with Crippen LogP contribution < -0.4 is 0 Å². The van der Waals surface area contributed by atoms with E-state index in [1.54, 1.807) is 12.3 Å². The van der Waals surface area contributed by atoms with Crippen LogP contribution in [0, 0.1) is 0 Å². The Bertz CT molecular complexity index is 1170. The number of aromatic nitrogens is 1. The third-order valence-corrected chi connectivity index (χ3v) is 6.62. The van der Waals surface area contributed by atoms with E-state index in [1.165, 1.54) is 0 Å². The van der Waals surface area contributed by atoms with Gasteiger partial charge in [0.25, 0.3) is 11.8 Å². The fraction of sp³-hybridized carbons (Fsp3) is 0.105. The highest BCUT2D eigenvalue weighted by Crippen LogP contribution is 2.45. The average Bonchev–Trinajstić information content (AvgIpc) is 3.21. The minimum atomic E-state index is -1.48. The number of benzene rings is 2. The van der Waals surface area contributed by atoms with Crippen molar-refractivity contribution in [2.45, 2.75) is 12.5 Å². The molecule has 3 aromatic rings. The van der Waals surface area contributed by atoms with E-state index in [0.29, 0.717) is 10.5 Å². The van der Waals surface area contributed by atoms with E-state index in [1.807, 2.05) is 18.2 Å². The molecule has 0 unspecified atom stereocenters. The molecule has 0 radical (unpaired) electrons. The number of aromatic amines is 1. The number of hydrogen-bond acceptors (Lipinski definition) is 3. The van der Waals surface area contributed by atoms with Gasteiger partial charge in [-0.25, -0.2) is 4.79 Å². The highest BCUT2D eigenvalue weighted by atomic mass is 35.5.